The van der Waals surface area contributed by atoms with Crippen LogP contribution in [0.2, 0.25) is 0 Å². The molecule has 0 amide bonds. The van der Waals surface area contributed by atoms with E-state index in [-0.39, 0.29) is 11.5 Å². The van der Waals surface area contributed by atoms with Gasteiger partial charge in [-0.1, -0.05) is 48.2 Å². The first-order chi connectivity index (χ1) is 19.5. The summed E-state index contributed by atoms with van der Waals surface area (Å²) >= 11 is 1.26. The molecule has 0 saturated carbocycles. The van der Waals surface area contributed by atoms with Gasteiger partial charge in [0.05, 0.1) is 25.3 Å². The first-order valence-corrected chi connectivity index (χ1v) is 12.7. The smallest absolute Gasteiger partial charge is 0.419 e. The van der Waals surface area contributed by atoms with Crippen LogP contribution in [0, 0.1) is 0 Å². The third-order valence-corrected chi connectivity index (χ3v) is 6.59. The summed E-state index contributed by atoms with van der Waals surface area (Å²) in [4.78, 5) is 8.64. The van der Waals surface area contributed by atoms with Crippen LogP contribution < -0.4 is 9.47 Å². The molecule has 0 bridgehead atoms. The summed E-state index contributed by atoms with van der Waals surface area (Å²) < 4.78 is 89.6. The van der Waals surface area contributed by atoms with E-state index in [1.807, 2.05) is 0 Å². The Balaban J connectivity index is 1.49. The fraction of sp³-hybridized carbons (Fsp3) is 0.133. The zero-order valence-corrected chi connectivity index (χ0v) is 22.4. The number of rotatable bonds is 8. The zero-order chi connectivity index (χ0) is 29.6. The summed E-state index contributed by atoms with van der Waals surface area (Å²) in [7, 11) is 2.37. The third-order valence-electron chi connectivity index (χ3n) is 5.72. The lowest BCUT2D eigenvalue weighted by molar-refractivity contribution is -0.139. The predicted molar refractivity (Wildman–Crippen MR) is 146 cm³/mol. The molecule has 4 nitrogen and oxygen atoms in total. The topological polar surface area (TPSA) is 44.2 Å². The summed E-state index contributed by atoms with van der Waals surface area (Å²) in [5.74, 6) is -0.506. The van der Waals surface area contributed by atoms with E-state index in [4.69, 9.17) is 9.47 Å². The molecule has 0 aliphatic rings. The first-order valence-electron chi connectivity index (χ1n) is 11.9. The molecule has 2 heterocycles. The Kier molecular flexibility index (Phi) is 9.07. The van der Waals surface area contributed by atoms with E-state index < -0.39 is 23.5 Å². The van der Waals surface area contributed by atoms with E-state index in [9.17, 15) is 26.3 Å². The lowest BCUT2D eigenvalue weighted by Gasteiger charge is -2.12. The number of alkyl halides is 6. The molecule has 0 N–H and O–H groups in total. The fourth-order valence-corrected chi connectivity index (χ4v) is 4.59. The zero-order valence-electron chi connectivity index (χ0n) is 21.6. The molecule has 0 saturated heterocycles. The molecule has 0 radical (unpaired) electrons. The van der Waals surface area contributed by atoms with Crippen LogP contribution in [0.15, 0.2) is 83.1 Å². The SMILES string of the molecule is COc1ccc(/C=C/c2ccnc(Sc3cc(/C=C/c4ccc(OC)c(C(F)(F)F)c4)ccn3)c2)cc1C(F)(F)F. The van der Waals surface area contributed by atoms with Crippen molar-refractivity contribution in [3.8, 4) is 11.5 Å². The van der Waals surface area contributed by atoms with Crippen LogP contribution in [0.25, 0.3) is 24.3 Å². The Hall–Kier alpha value is -4.25. The number of halogens is 6. The van der Waals surface area contributed by atoms with Gasteiger partial charge in [-0.3, -0.25) is 0 Å². The standard InChI is InChI=1S/C30H22F6N2O2S/c1-39-25-9-7-19(15-23(25)29(31,32)33)3-5-21-11-13-37-27(17-21)41-28-18-22(12-14-38-28)6-4-20-8-10-26(40-2)24(16-20)30(34,35)36/h3-18H,1-2H3/b5-3+,6-4+. The lowest BCUT2D eigenvalue weighted by atomic mass is 10.1. The number of pyridine rings is 2. The van der Waals surface area contributed by atoms with Crippen LogP contribution in [0.5, 0.6) is 11.5 Å². The van der Waals surface area contributed by atoms with Crippen molar-refractivity contribution in [1.82, 2.24) is 9.97 Å². The summed E-state index contributed by atoms with van der Waals surface area (Å²) in [6, 6.07) is 14.6. The van der Waals surface area contributed by atoms with E-state index in [1.54, 1.807) is 61.0 Å². The largest absolute Gasteiger partial charge is 0.496 e. The Morgan fingerprint density at radius 2 is 0.927 bits per heavy atom. The summed E-state index contributed by atoms with van der Waals surface area (Å²) in [6.45, 7) is 0. The number of hydrogen-bond acceptors (Lipinski definition) is 5. The average Bonchev–Trinajstić information content (AvgIpc) is 2.94. The second-order valence-electron chi connectivity index (χ2n) is 8.54. The number of methoxy groups -OCH3 is 2. The molecular formula is C30H22F6N2O2S. The van der Waals surface area contributed by atoms with E-state index in [1.165, 1.54) is 50.2 Å². The Morgan fingerprint density at radius 3 is 1.27 bits per heavy atom. The molecular weight excluding hydrogens is 566 g/mol. The van der Waals surface area contributed by atoms with Crippen molar-refractivity contribution in [2.24, 2.45) is 0 Å². The van der Waals surface area contributed by atoms with E-state index in [0.717, 1.165) is 12.1 Å². The molecule has 0 aliphatic carbocycles. The number of nitrogens with zero attached hydrogens (tertiary/aromatic N) is 2. The second kappa shape index (κ2) is 12.5. The van der Waals surface area contributed by atoms with Gasteiger partial charge in [-0.25, -0.2) is 9.97 Å². The predicted octanol–water partition coefficient (Wildman–Crippen LogP) is 9.02. The van der Waals surface area contributed by atoms with Gasteiger partial charge in [-0.05, 0) is 70.8 Å². The molecule has 212 valence electrons. The maximum Gasteiger partial charge on any atom is 0.419 e. The van der Waals surface area contributed by atoms with Gasteiger partial charge in [0, 0.05) is 12.4 Å². The highest BCUT2D eigenvalue weighted by atomic mass is 32.2. The van der Waals surface area contributed by atoms with E-state index in [0.29, 0.717) is 32.3 Å². The Bertz CT molecular complexity index is 1470. The van der Waals surface area contributed by atoms with Gasteiger partial charge >= 0.3 is 12.4 Å². The molecule has 0 unspecified atom stereocenters. The third kappa shape index (κ3) is 7.91. The molecule has 0 atom stereocenters. The van der Waals surface area contributed by atoms with Crippen molar-refractivity contribution in [2.45, 2.75) is 22.4 Å². The number of hydrogen-bond donors (Lipinski definition) is 0. The Labute approximate surface area is 236 Å². The first kappa shape index (κ1) is 29.7. The molecule has 0 fully saturated rings. The van der Waals surface area contributed by atoms with Gasteiger partial charge in [-0.15, -0.1) is 0 Å². The van der Waals surface area contributed by atoms with Crippen LogP contribution in [0.4, 0.5) is 26.3 Å². The van der Waals surface area contributed by atoms with Crippen LogP contribution in [-0.4, -0.2) is 24.2 Å². The maximum atomic E-state index is 13.3. The molecule has 2 aromatic heterocycles. The molecule has 0 aliphatic heterocycles. The minimum absolute atomic E-state index is 0.253. The average molecular weight is 589 g/mol. The summed E-state index contributed by atoms with van der Waals surface area (Å²) in [5, 5.41) is 1.19. The highest BCUT2D eigenvalue weighted by Gasteiger charge is 2.35. The normalized spacial score (nSPS) is 12.3. The van der Waals surface area contributed by atoms with Gasteiger partial charge in [0.25, 0.3) is 0 Å². The van der Waals surface area contributed by atoms with Gasteiger partial charge in [0.15, 0.2) is 0 Å². The van der Waals surface area contributed by atoms with Gasteiger partial charge in [-0.2, -0.15) is 26.3 Å². The van der Waals surface area contributed by atoms with Gasteiger partial charge in [0.2, 0.25) is 0 Å². The molecule has 0 spiro atoms. The highest BCUT2D eigenvalue weighted by Crippen LogP contribution is 2.38. The monoisotopic (exact) mass is 588 g/mol. The fourth-order valence-electron chi connectivity index (χ4n) is 3.76. The second-order valence-corrected chi connectivity index (χ2v) is 9.58. The van der Waals surface area contributed by atoms with Crippen LogP contribution >= 0.6 is 11.8 Å². The minimum Gasteiger partial charge on any atom is -0.496 e. The van der Waals surface area contributed by atoms with Crippen molar-refractivity contribution in [1.29, 1.82) is 0 Å². The number of aromatic nitrogens is 2. The van der Waals surface area contributed by atoms with E-state index in [2.05, 4.69) is 9.97 Å². The van der Waals surface area contributed by atoms with E-state index >= 15 is 0 Å². The number of ether oxygens (including phenoxy) is 2. The number of benzene rings is 2. The van der Waals surface area contributed by atoms with Crippen molar-refractivity contribution in [3.63, 3.8) is 0 Å². The van der Waals surface area contributed by atoms with Crippen LogP contribution in [0.3, 0.4) is 0 Å². The highest BCUT2D eigenvalue weighted by molar-refractivity contribution is 7.99. The minimum atomic E-state index is -4.55. The quantitative estimate of drug-likeness (QED) is 0.192. The van der Waals surface area contributed by atoms with Crippen molar-refractivity contribution in [2.75, 3.05) is 14.2 Å². The molecule has 4 rings (SSSR count). The molecule has 41 heavy (non-hydrogen) atoms. The van der Waals surface area contributed by atoms with Gasteiger partial charge < -0.3 is 9.47 Å². The summed E-state index contributed by atoms with van der Waals surface area (Å²) in [5.41, 5.74) is 0.404. The lowest BCUT2D eigenvalue weighted by Crippen LogP contribution is -2.07. The molecule has 4 aromatic rings. The van der Waals surface area contributed by atoms with Crippen LogP contribution in [0.1, 0.15) is 33.4 Å². The van der Waals surface area contributed by atoms with Crippen LogP contribution in [-0.2, 0) is 12.4 Å². The van der Waals surface area contributed by atoms with Gasteiger partial charge in [0.1, 0.15) is 21.6 Å². The Morgan fingerprint density at radius 1 is 0.561 bits per heavy atom. The van der Waals surface area contributed by atoms with Crippen molar-refractivity contribution >= 4 is 36.1 Å². The van der Waals surface area contributed by atoms with Crippen molar-refractivity contribution in [3.05, 3.63) is 106 Å². The molecule has 11 heteroatoms. The summed E-state index contributed by atoms with van der Waals surface area (Å²) in [6.07, 6.45) is 0.511. The maximum absolute atomic E-state index is 13.3. The molecule has 2 aromatic carbocycles. The van der Waals surface area contributed by atoms with Crippen molar-refractivity contribution < 1.29 is 35.8 Å².